The molecular formula is C13H18BrNO. The molecule has 0 amide bonds. The van der Waals surface area contributed by atoms with E-state index in [0.717, 1.165) is 21.8 Å². The Kier molecular flexibility index (Phi) is 3.74. The first-order valence-corrected chi connectivity index (χ1v) is 6.58. The van der Waals surface area contributed by atoms with Gasteiger partial charge in [-0.15, -0.1) is 0 Å². The molecule has 1 aliphatic carbocycles. The monoisotopic (exact) mass is 283 g/mol. The molecule has 0 bridgehead atoms. The Morgan fingerprint density at radius 1 is 1.31 bits per heavy atom. The third-order valence-electron chi connectivity index (χ3n) is 3.17. The average molecular weight is 284 g/mol. The van der Waals surface area contributed by atoms with Gasteiger partial charge in [0.15, 0.2) is 0 Å². The molecule has 16 heavy (non-hydrogen) atoms. The zero-order chi connectivity index (χ0) is 11.5. The van der Waals surface area contributed by atoms with E-state index in [2.05, 4.69) is 34.2 Å². The molecule has 2 rings (SSSR count). The van der Waals surface area contributed by atoms with E-state index in [1.807, 2.05) is 12.1 Å². The van der Waals surface area contributed by atoms with Crippen molar-refractivity contribution in [2.75, 3.05) is 12.4 Å². The summed E-state index contributed by atoms with van der Waals surface area (Å²) in [5.74, 6) is 1.74. The van der Waals surface area contributed by atoms with E-state index in [4.69, 9.17) is 4.74 Å². The van der Waals surface area contributed by atoms with Gasteiger partial charge in [0.05, 0.1) is 7.11 Å². The lowest BCUT2D eigenvalue weighted by Crippen LogP contribution is -2.15. The smallest absolute Gasteiger partial charge is 0.122 e. The molecule has 1 N–H and O–H groups in total. The largest absolute Gasteiger partial charge is 0.497 e. The van der Waals surface area contributed by atoms with Gasteiger partial charge >= 0.3 is 0 Å². The molecule has 2 unspecified atom stereocenters. The van der Waals surface area contributed by atoms with Crippen molar-refractivity contribution in [3.8, 4) is 5.75 Å². The van der Waals surface area contributed by atoms with E-state index >= 15 is 0 Å². The molecule has 1 fully saturated rings. The summed E-state index contributed by atoms with van der Waals surface area (Å²) in [6.45, 7) is 2.32. The Morgan fingerprint density at radius 2 is 2.12 bits per heavy atom. The SMILES string of the molecule is COc1cc(Br)cc(NC2CCC(C)C2)c1. The zero-order valence-electron chi connectivity index (χ0n) is 9.79. The summed E-state index contributed by atoms with van der Waals surface area (Å²) in [6, 6.07) is 6.75. The van der Waals surface area contributed by atoms with Gasteiger partial charge in [0.2, 0.25) is 0 Å². The molecule has 88 valence electrons. The van der Waals surface area contributed by atoms with Gasteiger partial charge in [-0.3, -0.25) is 0 Å². The van der Waals surface area contributed by atoms with Crippen molar-refractivity contribution in [2.45, 2.75) is 32.2 Å². The molecule has 2 nitrogen and oxygen atoms in total. The summed E-state index contributed by atoms with van der Waals surface area (Å²) >= 11 is 3.50. The van der Waals surface area contributed by atoms with E-state index in [-0.39, 0.29) is 0 Å². The Bertz CT molecular complexity index is 367. The van der Waals surface area contributed by atoms with Crippen LogP contribution in [0.25, 0.3) is 0 Å². The molecule has 1 aliphatic rings. The van der Waals surface area contributed by atoms with Crippen LogP contribution in [0.3, 0.4) is 0 Å². The van der Waals surface area contributed by atoms with E-state index in [0.29, 0.717) is 6.04 Å². The highest BCUT2D eigenvalue weighted by Gasteiger charge is 2.21. The number of nitrogens with one attached hydrogen (secondary N) is 1. The molecule has 3 heteroatoms. The normalized spacial score (nSPS) is 24.4. The maximum atomic E-state index is 5.25. The van der Waals surface area contributed by atoms with Crippen LogP contribution >= 0.6 is 15.9 Å². The Morgan fingerprint density at radius 3 is 2.75 bits per heavy atom. The lowest BCUT2D eigenvalue weighted by Gasteiger charge is -2.15. The van der Waals surface area contributed by atoms with Crippen molar-refractivity contribution in [3.63, 3.8) is 0 Å². The maximum absolute atomic E-state index is 5.25. The van der Waals surface area contributed by atoms with Crippen LogP contribution in [-0.2, 0) is 0 Å². The standard InChI is InChI=1S/C13H18BrNO/c1-9-3-4-11(5-9)15-12-6-10(14)7-13(8-12)16-2/h6-9,11,15H,3-5H2,1-2H3. The Balaban J connectivity index is 2.06. The summed E-state index contributed by atoms with van der Waals surface area (Å²) in [5, 5.41) is 3.58. The minimum absolute atomic E-state index is 0.619. The first kappa shape index (κ1) is 11.8. The van der Waals surface area contributed by atoms with Gasteiger partial charge in [-0.05, 0) is 37.3 Å². The van der Waals surface area contributed by atoms with Gasteiger partial charge in [-0.1, -0.05) is 22.9 Å². The van der Waals surface area contributed by atoms with Gasteiger partial charge in [-0.25, -0.2) is 0 Å². The number of ether oxygens (including phenoxy) is 1. The molecule has 1 aromatic carbocycles. The molecule has 0 radical (unpaired) electrons. The number of rotatable bonds is 3. The van der Waals surface area contributed by atoms with Crippen LogP contribution in [0.5, 0.6) is 5.75 Å². The number of methoxy groups -OCH3 is 1. The van der Waals surface area contributed by atoms with E-state index in [1.165, 1.54) is 19.3 Å². The van der Waals surface area contributed by atoms with Gasteiger partial charge in [-0.2, -0.15) is 0 Å². The minimum Gasteiger partial charge on any atom is -0.497 e. The predicted octanol–water partition coefficient (Wildman–Crippen LogP) is 4.06. The van der Waals surface area contributed by atoms with Crippen LogP contribution in [0.4, 0.5) is 5.69 Å². The fourth-order valence-electron chi connectivity index (χ4n) is 2.34. The first-order chi connectivity index (χ1) is 7.67. The third kappa shape index (κ3) is 2.91. The number of hydrogen-bond donors (Lipinski definition) is 1. The third-order valence-corrected chi connectivity index (χ3v) is 3.63. The summed E-state index contributed by atoms with van der Waals surface area (Å²) in [4.78, 5) is 0. The molecule has 0 heterocycles. The van der Waals surface area contributed by atoms with Crippen molar-refractivity contribution in [2.24, 2.45) is 5.92 Å². The van der Waals surface area contributed by atoms with Crippen molar-refractivity contribution in [1.29, 1.82) is 0 Å². The summed E-state index contributed by atoms with van der Waals surface area (Å²) in [5.41, 5.74) is 1.14. The number of anilines is 1. The van der Waals surface area contributed by atoms with Crippen LogP contribution in [0.1, 0.15) is 26.2 Å². The summed E-state index contributed by atoms with van der Waals surface area (Å²) in [6.07, 6.45) is 3.88. The van der Waals surface area contributed by atoms with Crippen LogP contribution in [-0.4, -0.2) is 13.2 Å². The second-order valence-corrected chi connectivity index (χ2v) is 5.55. The van der Waals surface area contributed by atoms with Crippen LogP contribution in [0, 0.1) is 5.92 Å². The van der Waals surface area contributed by atoms with Crippen molar-refractivity contribution >= 4 is 21.6 Å². The lowest BCUT2D eigenvalue weighted by atomic mass is 10.1. The molecule has 0 aromatic heterocycles. The minimum atomic E-state index is 0.619. The van der Waals surface area contributed by atoms with Gasteiger partial charge in [0.1, 0.15) is 5.75 Å². The fraction of sp³-hybridized carbons (Fsp3) is 0.538. The zero-order valence-corrected chi connectivity index (χ0v) is 11.4. The molecule has 0 spiro atoms. The lowest BCUT2D eigenvalue weighted by molar-refractivity contribution is 0.414. The quantitative estimate of drug-likeness (QED) is 0.903. The maximum Gasteiger partial charge on any atom is 0.122 e. The van der Waals surface area contributed by atoms with Crippen molar-refractivity contribution in [3.05, 3.63) is 22.7 Å². The van der Waals surface area contributed by atoms with Gasteiger partial charge in [0, 0.05) is 22.3 Å². The molecule has 0 saturated heterocycles. The molecule has 1 saturated carbocycles. The molecule has 2 atom stereocenters. The van der Waals surface area contributed by atoms with Crippen molar-refractivity contribution < 1.29 is 4.74 Å². The second kappa shape index (κ2) is 5.09. The average Bonchev–Trinajstić information content (AvgIpc) is 2.63. The fourth-order valence-corrected chi connectivity index (χ4v) is 2.81. The second-order valence-electron chi connectivity index (χ2n) is 4.64. The predicted molar refractivity (Wildman–Crippen MR) is 71.1 cm³/mol. The van der Waals surface area contributed by atoms with Crippen LogP contribution < -0.4 is 10.1 Å². The Hall–Kier alpha value is -0.700. The van der Waals surface area contributed by atoms with E-state index in [1.54, 1.807) is 7.11 Å². The van der Waals surface area contributed by atoms with Crippen LogP contribution in [0.15, 0.2) is 22.7 Å². The first-order valence-electron chi connectivity index (χ1n) is 5.78. The topological polar surface area (TPSA) is 21.3 Å². The highest BCUT2D eigenvalue weighted by molar-refractivity contribution is 9.10. The number of halogens is 1. The highest BCUT2D eigenvalue weighted by atomic mass is 79.9. The summed E-state index contributed by atoms with van der Waals surface area (Å²) in [7, 11) is 1.70. The molecule has 0 aliphatic heterocycles. The highest BCUT2D eigenvalue weighted by Crippen LogP contribution is 2.30. The van der Waals surface area contributed by atoms with Gasteiger partial charge < -0.3 is 10.1 Å². The number of hydrogen-bond acceptors (Lipinski definition) is 2. The van der Waals surface area contributed by atoms with E-state index < -0.39 is 0 Å². The molecular weight excluding hydrogens is 266 g/mol. The Labute approximate surface area is 106 Å². The molecule has 1 aromatic rings. The van der Waals surface area contributed by atoms with E-state index in [9.17, 15) is 0 Å². The summed E-state index contributed by atoms with van der Waals surface area (Å²) < 4.78 is 6.31. The number of benzene rings is 1. The van der Waals surface area contributed by atoms with Gasteiger partial charge in [0.25, 0.3) is 0 Å². The van der Waals surface area contributed by atoms with Crippen molar-refractivity contribution in [1.82, 2.24) is 0 Å². The van der Waals surface area contributed by atoms with Crippen LogP contribution in [0.2, 0.25) is 0 Å².